The van der Waals surface area contributed by atoms with Crippen LogP contribution >= 0.6 is 11.3 Å². The van der Waals surface area contributed by atoms with E-state index < -0.39 is 0 Å². The Hall–Kier alpha value is -2.12. The molecule has 0 aliphatic rings. The van der Waals surface area contributed by atoms with Crippen LogP contribution in [0.4, 0.5) is 0 Å². The third kappa shape index (κ3) is 2.01. The van der Waals surface area contributed by atoms with Crippen molar-refractivity contribution in [1.29, 1.82) is 5.26 Å². The molecule has 2 aromatic heterocycles. The van der Waals surface area contributed by atoms with Crippen LogP contribution in [-0.4, -0.2) is 4.98 Å². The Kier molecular flexibility index (Phi) is 2.83. The highest BCUT2D eigenvalue weighted by molar-refractivity contribution is 7.18. The van der Waals surface area contributed by atoms with E-state index in [2.05, 4.69) is 11.1 Å². The average molecular weight is 254 g/mol. The van der Waals surface area contributed by atoms with E-state index in [0.29, 0.717) is 6.42 Å². The van der Waals surface area contributed by atoms with Gasteiger partial charge in [-0.2, -0.15) is 5.26 Å². The van der Waals surface area contributed by atoms with Crippen LogP contribution in [0.1, 0.15) is 16.7 Å². The third-order valence-electron chi connectivity index (χ3n) is 2.75. The van der Waals surface area contributed by atoms with Crippen LogP contribution < -0.4 is 0 Å². The summed E-state index contributed by atoms with van der Waals surface area (Å²) in [5, 5.41) is 10.1. The zero-order valence-corrected chi connectivity index (χ0v) is 10.4. The highest BCUT2D eigenvalue weighted by atomic mass is 32.1. The maximum atomic E-state index is 9.28. The molecule has 3 rings (SSSR count). The average Bonchev–Trinajstić information content (AvgIpc) is 3.04. The lowest BCUT2D eigenvalue weighted by atomic mass is 10.1. The van der Waals surface area contributed by atoms with Crippen molar-refractivity contribution in [2.24, 2.45) is 0 Å². The van der Waals surface area contributed by atoms with Gasteiger partial charge in [0.2, 0.25) is 0 Å². The lowest BCUT2D eigenvalue weighted by molar-refractivity contribution is 0.501. The lowest BCUT2D eigenvalue weighted by Crippen LogP contribution is -1.98. The summed E-state index contributed by atoms with van der Waals surface area (Å²) in [7, 11) is 0. The molecule has 0 saturated heterocycles. The minimum Gasteiger partial charge on any atom is -0.469 e. The van der Waals surface area contributed by atoms with Crippen molar-refractivity contribution in [3.63, 3.8) is 0 Å². The number of rotatable bonds is 3. The number of nitrogens with zero attached hydrogens (tertiary/aromatic N) is 2. The van der Waals surface area contributed by atoms with E-state index in [1.807, 2.05) is 36.4 Å². The first-order valence-corrected chi connectivity index (χ1v) is 6.46. The number of nitriles is 1. The van der Waals surface area contributed by atoms with Crippen LogP contribution in [0.15, 0.2) is 47.1 Å². The van der Waals surface area contributed by atoms with Crippen molar-refractivity contribution in [1.82, 2.24) is 4.98 Å². The number of hydrogen-bond donors (Lipinski definition) is 0. The molecule has 0 radical (unpaired) electrons. The number of benzene rings is 1. The Morgan fingerprint density at radius 3 is 2.89 bits per heavy atom. The second kappa shape index (κ2) is 4.63. The van der Waals surface area contributed by atoms with Crippen molar-refractivity contribution in [3.8, 4) is 6.07 Å². The Morgan fingerprint density at radius 2 is 2.17 bits per heavy atom. The highest BCUT2D eigenvalue weighted by Crippen LogP contribution is 2.29. The zero-order valence-electron chi connectivity index (χ0n) is 9.54. The number of para-hydroxylation sites is 1. The number of hydrogen-bond acceptors (Lipinski definition) is 4. The second-order valence-electron chi connectivity index (χ2n) is 3.99. The summed E-state index contributed by atoms with van der Waals surface area (Å²) >= 11 is 1.58. The number of thiazole rings is 1. The molecule has 0 fully saturated rings. The summed E-state index contributed by atoms with van der Waals surface area (Å²) in [6, 6.07) is 14.0. The van der Waals surface area contributed by atoms with Crippen molar-refractivity contribution in [2.45, 2.75) is 12.3 Å². The van der Waals surface area contributed by atoms with Gasteiger partial charge in [-0.05, 0) is 24.3 Å². The molecule has 0 N–H and O–H groups in total. The van der Waals surface area contributed by atoms with Crippen molar-refractivity contribution in [2.75, 3.05) is 0 Å². The maximum Gasteiger partial charge on any atom is 0.112 e. The SMILES string of the molecule is N#CC(Cc1ccco1)c1nc2ccccc2s1. The third-order valence-corrected chi connectivity index (χ3v) is 3.90. The summed E-state index contributed by atoms with van der Waals surface area (Å²) in [6.45, 7) is 0. The quantitative estimate of drug-likeness (QED) is 0.715. The zero-order chi connectivity index (χ0) is 12.4. The van der Waals surface area contributed by atoms with E-state index in [9.17, 15) is 5.26 Å². The predicted octanol–water partition coefficient (Wildman–Crippen LogP) is 3.74. The summed E-state index contributed by atoms with van der Waals surface area (Å²) in [5.41, 5.74) is 0.956. The summed E-state index contributed by atoms with van der Waals surface area (Å²) < 4.78 is 6.40. The fraction of sp³-hybridized carbons (Fsp3) is 0.143. The van der Waals surface area contributed by atoms with Gasteiger partial charge >= 0.3 is 0 Å². The van der Waals surface area contributed by atoms with Gasteiger partial charge in [0.05, 0.1) is 22.5 Å². The molecule has 1 aromatic carbocycles. The molecule has 0 saturated carbocycles. The fourth-order valence-electron chi connectivity index (χ4n) is 1.86. The number of fused-ring (bicyclic) bond motifs is 1. The summed E-state index contributed by atoms with van der Waals surface area (Å²) in [6.07, 6.45) is 2.20. The van der Waals surface area contributed by atoms with E-state index in [4.69, 9.17) is 4.42 Å². The first kappa shape index (κ1) is 11.0. The molecular formula is C14H10N2OS. The molecule has 3 nitrogen and oxygen atoms in total. The minimum atomic E-state index is -0.242. The Morgan fingerprint density at radius 1 is 1.28 bits per heavy atom. The molecule has 18 heavy (non-hydrogen) atoms. The molecule has 0 aliphatic heterocycles. The predicted molar refractivity (Wildman–Crippen MR) is 70.4 cm³/mol. The van der Waals surface area contributed by atoms with Gasteiger partial charge < -0.3 is 4.42 Å². The first-order valence-electron chi connectivity index (χ1n) is 5.64. The van der Waals surface area contributed by atoms with Crippen LogP contribution in [0.25, 0.3) is 10.2 Å². The van der Waals surface area contributed by atoms with Crippen LogP contribution in [0.3, 0.4) is 0 Å². The van der Waals surface area contributed by atoms with Crippen LogP contribution in [0, 0.1) is 11.3 Å². The largest absolute Gasteiger partial charge is 0.469 e. The second-order valence-corrected chi connectivity index (χ2v) is 5.05. The van der Waals surface area contributed by atoms with Crippen molar-refractivity contribution in [3.05, 3.63) is 53.4 Å². The van der Waals surface area contributed by atoms with Gasteiger partial charge in [-0.3, -0.25) is 0 Å². The van der Waals surface area contributed by atoms with Crippen molar-refractivity contribution >= 4 is 21.6 Å². The standard InChI is InChI=1S/C14H10N2OS/c15-9-10(8-11-4-3-7-17-11)14-16-12-5-1-2-6-13(12)18-14/h1-7,10H,8H2. The van der Waals surface area contributed by atoms with Gasteiger partial charge in [-0.15, -0.1) is 11.3 Å². The van der Waals surface area contributed by atoms with Gasteiger partial charge in [0.1, 0.15) is 16.7 Å². The number of furan rings is 1. The van der Waals surface area contributed by atoms with Gasteiger partial charge in [0, 0.05) is 6.42 Å². The van der Waals surface area contributed by atoms with E-state index >= 15 is 0 Å². The number of aromatic nitrogens is 1. The van der Waals surface area contributed by atoms with E-state index in [0.717, 1.165) is 21.0 Å². The van der Waals surface area contributed by atoms with Gasteiger partial charge in [-0.1, -0.05) is 12.1 Å². The molecule has 4 heteroatoms. The topological polar surface area (TPSA) is 49.8 Å². The monoisotopic (exact) mass is 254 g/mol. The minimum absolute atomic E-state index is 0.242. The molecule has 1 unspecified atom stereocenters. The normalized spacial score (nSPS) is 12.4. The van der Waals surface area contributed by atoms with E-state index in [-0.39, 0.29) is 5.92 Å². The first-order chi connectivity index (χ1) is 8.86. The van der Waals surface area contributed by atoms with Crippen LogP contribution in [0.5, 0.6) is 0 Å². The van der Waals surface area contributed by atoms with Gasteiger partial charge in [-0.25, -0.2) is 4.98 Å². The Labute approximate surface area is 108 Å². The van der Waals surface area contributed by atoms with Gasteiger partial charge in [0.15, 0.2) is 0 Å². The molecule has 0 spiro atoms. The molecule has 2 heterocycles. The van der Waals surface area contributed by atoms with Crippen LogP contribution in [0.2, 0.25) is 0 Å². The molecule has 1 atom stereocenters. The van der Waals surface area contributed by atoms with E-state index in [1.54, 1.807) is 17.6 Å². The summed E-state index contributed by atoms with van der Waals surface area (Å²) in [4.78, 5) is 4.52. The molecule has 88 valence electrons. The smallest absolute Gasteiger partial charge is 0.112 e. The molecule has 0 amide bonds. The van der Waals surface area contributed by atoms with E-state index in [1.165, 1.54) is 0 Å². The Balaban J connectivity index is 1.94. The summed E-state index contributed by atoms with van der Waals surface area (Å²) in [5.74, 6) is 0.578. The van der Waals surface area contributed by atoms with Gasteiger partial charge in [0.25, 0.3) is 0 Å². The molecule has 3 aromatic rings. The lowest BCUT2D eigenvalue weighted by Gasteiger charge is -2.01. The molecule has 0 aliphatic carbocycles. The fourth-order valence-corrected chi connectivity index (χ4v) is 2.87. The highest BCUT2D eigenvalue weighted by Gasteiger charge is 2.17. The Bertz CT molecular complexity index is 661. The van der Waals surface area contributed by atoms with Crippen molar-refractivity contribution < 1.29 is 4.42 Å². The molecular weight excluding hydrogens is 244 g/mol. The van der Waals surface area contributed by atoms with Crippen LogP contribution in [-0.2, 0) is 6.42 Å². The maximum absolute atomic E-state index is 9.28. The molecule has 0 bridgehead atoms.